The minimum atomic E-state index is -0.0980. The minimum absolute atomic E-state index is 0.0980. The molecule has 0 unspecified atom stereocenters. The van der Waals surface area contributed by atoms with Crippen LogP contribution in [0.25, 0.3) is 0 Å². The molecule has 0 aromatic heterocycles. The van der Waals surface area contributed by atoms with E-state index in [2.05, 4.69) is 121 Å². The molecule has 1 atom stereocenters. The van der Waals surface area contributed by atoms with E-state index in [0.29, 0.717) is 6.61 Å². The van der Waals surface area contributed by atoms with Crippen LogP contribution in [0.2, 0.25) is 0 Å². The first kappa shape index (κ1) is 28.4. The van der Waals surface area contributed by atoms with Gasteiger partial charge in [0.25, 0.3) is 0 Å². The summed E-state index contributed by atoms with van der Waals surface area (Å²) in [5, 5.41) is 0. The highest BCUT2D eigenvalue weighted by atomic mass is 16.5. The van der Waals surface area contributed by atoms with Gasteiger partial charge in [0.1, 0.15) is 24.7 Å². The summed E-state index contributed by atoms with van der Waals surface area (Å²) in [4.78, 5) is 5.12. The lowest BCUT2D eigenvalue weighted by molar-refractivity contribution is 0.214. The minimum Gasteiger partial charge on any atom is -0.492 e. The predicted octanol–water partition coefficient (Wildman–Crippen LogP) is 8.56. The van der Waals surface area contributed by atoms with Crippen LogP contribution in [-0.2, 0) is 18.6 Å². The van der Waals surface area contributed by atoms with Crippen molar-refractivity contribution in [1.29, 1.82) is 0 Å². The summed E-state index contributed by atoms with van der Waals surface area (Å²) < 4.78 is 12.4. The Balaban J connectivity index is 1.18. The molecule has 0 N–H and O–H groups in total. The SMILES string of the molecule is CC1(C)c2cc(OCc3ccccc3)ccc2N(Cc2ccc(OCCN3CCCCCC3)cc2)[C@H]1c1ccccc1. The molecule has 4 aromatic rings. The maximum absolute atomic E-state index is 6.26. The maximum atomic E-state index is 6.26. The van der Waals surface area contributed by atoms with Gasteiger partial charge in [0.2, 0.25) is 0 Å². The van der Waals surface area contributed by atoms with Crippen molar-refractivity contribution in [3.05, 3.63) is 125 Å². The number of hydrogen-bond donors (Lipinski definition) is 0. The monoisotopic (exact) mass is 560 g/mol. The average Bonchev–Trinajstić information content (AvgIpc) is 3.17. The standard InChI is InChI=1S/C38H44N2O2/c1-38(2)35-27-34(42-29-31-13-7-5-8-14-31)21-22-36(35)40(37(38)32-15-9-6-10-16-32)28-30-17-19-33(20-18-30)41-26-25-39-23-11-3-4-12-24-39/h5-10,13-22,27,37H,3-4,11-12,23-26,28-29H2,1-2H3/t37-/m0/s1. The summed E-state index contributed by atoms with van der Waals surface area (Å²) in [6, 6.07) is 36.9. The second-order valence-corrected chi connectivity index (χ2v) is 12.4. The molecule has 0 radical (unpaired) electrons. The van der Waals surface area contributed by atoms with Gasteiger partial charge >= 0.3 is 0 Å². The lowest BCUT2D eigenvalue weighted by Crippen LogP contribution is -2.33. The molecule has 0 amide bonds. The first-order chi connectivity index (χ1) is 20.6. The first-order valence-electron chi connectivity index (χ1n) is 15.6. The van der Waals surface area contributed by atoms with E-state index in [-0.39, 0.29) is 11.5 Å². The van der Waals surface area contributed by atoms with E-state index in [1.165, 1.54) is 66.7 Å². The van der Waals surface area contributed by atoms with E-state index in [1.54, 1.807) is 0 Å². The molecule has 0 spiro atoms. The Morgan fingerprint density at radius 2 is 1.36 bits per heavy atom. The molecule has 4 heteroatoms. The zero-order valence-electron chi connectivity index (χ0n) is 25.2. The lowest BCUT2D eigenvalue weighted by atomic mass is 9.77. The highest BCUT2D eigenvalue weighted by Gasteiger charge is 2.45. The Bertz CT molecular complexity index is 1410. The third kappa shape index (κ3) is 6.50. The summed E-state index contributed by atoms with van der Waals surface area (Å²) in [6.45, 7) is 10.3. The number of ether oxygens (including phenoxy) is 2. The smallest absolute Gasteiger partial charge is 0.120 e. The van der Waals surface area contributed by atoms with Gasteiger partial charge in [-0.3, -0.25) is 4.90 Å². The molecule has 2 aliphatic rings. The van der Waals surface area contributed by atoms with Crippen molar-refractivity contribution in [3.8, 4) is 11.5 Å². The first-order valence-corrected chi connectivity index (χ1v) is 15.6. The molecule has 218 valence electrons. The zero-order valence-corrected chi connectivity index (χ0v) is 25.2. The summed E-state index contributed by atoms with van der Waals surface area (Å²) in [7, 11) is 0. The second-order valence-electron chi connectivity index (χ2n) is 12.4. The van der Waals surface area contributed by atoms with Crippen molar-refractivity contribution in [3.63, 3.8) is 0 Å². The molecule has 2 aliphatic heterocycles. The molecule has 2 heterocycles. The van der Waals surface area contributed by atoms with Crippen molar-refractivity contribution in [2.45, 2.75) is 64.1 Å². The van der Waals surface area contributed by atoms with Gasteiger partial charge in [-0.25, -0.2) is 0 Å². The molecule has 0 saturated carbocycles. The van der Waals surface area contributed by atoms with E-state index in [1.807, 2.05) is 6.07 Å². The number of fused-ring (bicyclic) bond motifs is 1. The summed E-state index contributed by atoms with van der Waals surface area (Å²) in [5.74, 6) is 1.87. The van der Waals surface area contributed by atoms with Crippen molar-refractivity contribution in [2.75, 3.05) is 31.1 Å². The van der Waals surface area contributed by atoms with Crippen LogP contribution in [-0.4, -0.2) is 31.1 Å². The molecule has 1 fully saturated rings. The van der Waals surface area contributed by atoms with E-state index in [0.717, 1.165) is 31.2 Å². The number of benzene rings is 4. The lowest BCUT2D eigenvalue weighted by Gasteiger charge is -2.35. The van der Waals surface area contributed by atoms with Gasteiger partial charge in [-0.2, -0.15) is 0 Å². The zero-order chi connectivity index (χ0) is 28.8. The Morgan fingerprint density at radius 1 is 0.690 bits per heavy atom. The second kappa shape index (κ2) is 13.0. The number of hydrogen-bond acceptors (Lipinski definition) is 4. The quantitative estimate of drug-likeness (QED) is 0.194. The molecule has 1 saturated heterocycles. The summed E-state index contributed by atoms with van der Waals surface area (Å²) in [5.41, 5.74) is 6.30. The maximum Gasteiger partial charge on any atom is 0.120 e. The highest BCUT2D eigenvalue weighted by Crippen LogP contribution is 2.54. The van der Waals surface area contributed by atoms with Crippen LogP contribution >= 0.6 is 0 Å². The third-order valence-corrected chi connectivity index (χ3v) is 8.98. The van der Waals surface area contributed by atoms with Crippen LogP contribution in [0.15, 0.2) is 103 Å². The number of anilines is 1. The molecule has 6 rings (SSSR count). The van der Waals surface area contributed by atoms with E-state index in [4.69, 9.17) is 9.47 Å². The van der Waals surface area contributed by atoms with Crippen molar-refractivity contribution < 1.29 is 9.47 Å². The molecular formula is C38H44N2O2. The Morgan fingerprint density at radius 3 is 2.07 bits per heavy atom. The number of nitrogens with zero attached hydrogens (tertiary/aromatic N) is 2. The van der Waals surface area contributed by atoms with Gasteiger partial charge in [0.15, 0.2) is 0 Å². The molecule has 4 nitrogen and oxygen atoms in total. The third-order valence-electron chi connectivity index (χ3n) is 8.98. The molecular weight excluding hydrogens is 516 g/mol. The topological polar surface area (TPSA) is 24.9 Å². The number of rotatable bonds is 10. The van der Waals surface area contributed by atoms with Crippen molar-refractivity contribution in [1.82, 2.24) is 4.90 Å². The Hall–Kier alpha value is -3.76. The fourth-order valence-corrected chi connectivity index (χ4v) is 6.74. The van der Waals surface area contributed by atoms with Crippen molar-refractivity contribution >= 4 is 5.69 Å². The molecule has 42 heavy (non-hydrogen) atoms. The van der Waals surface area contributed by atoms with Gasteiger partial charge in [-0.15, -0.1) is 0 Å². The Labute approximate surface area is 251 Å². The van der Waals surface area contributed by atoms with Gasteiger partial charge in [-0.1, -0.05) is 99.5 Å². The summed E-state index contributed by atoms with van der Waals surface area (Å²) in [6.07, 6.45) is 5.37. The predicted molar refractivity (Wildman–Crippen MR) is 172 cm³/mol. The van der Waals surface area contributed by atoms with E-state index < -0.39 is 0 Å². The van der Waals surface area contributed by atoms with E-state index in [9.17, 15) is 0 Å². The van der Waals surface area contributed by atoms with Gasteiger partial charge in [0, 0.05) is 24.2 Å². The molecule has 0 aliphatic carbocycles. The number of likely N-dealkylation sites (tertiary alicyclic amines) is 1. The van der Waals surface area contributed by atoms with E-state index >= 15 is 0 Å². The van der Waals surface area contributed by atoms with Gasteiger partial charge in [-0.05, 0) is 78.5 Å². The summed E-state index contributed by atoms with van der Waals surface area (Å²) >= 11 is 0. The molecule has 4 aromatic carbocycles. The normalized spacial score (nSPS) is 18.3. The van der Waals surface area contributed by atoms with Gasteiger partial charge < -0.3 is 14.4 Å². The van der Waals surface area contributed by atoms with Crippen LogP contribution in [0.1, 0.15) is 67.8 Å². The van der Waals surface area contributed by atoms with Crippen LogP contribution < -0.4 is 14.4 Å². The largest absolute Gasteiger partial charge is 0.492 e. The fraction of sp³-hybridized carbons (Fsp3) is 0.368. The highest BCUT2D eigenvalue weighted by molar-refractivity contribution is 5.67. The Kier molecular flexibility index (Phi) is 8.81. The molecule has 0 bridgehead atoms. The van der Waals surface area contributed by atoms with Crippen LogP contribution in [0.5, 0.6) is 11.5 Å². The van der Waals surface area contributed by atoms with Crippen molar-refractivity contribution in [2.24, 2.45) is 0 Å². The average molecular weight is 561 g/mol. The van der Waals surface area contributed by atoms with Crippen LogP contribution in [0.4, 0.5) is 5.69 Å². The fourth-order valence-electron chi connectivity index (χ4n) is 6.74. The van der Waals surface area contributed by atoms with Crippen LogP contribution in [0, 0.1) is 0 Å². The van der Waals surface area contributed by atoms with Gasteiger partial charge in [0.05, 0.1) is 6.04 Å². The van der Waals surface area contributed by atoms with Crippen LogP contribution in [0.3, 0.4) is 0 Å².